The Labute approximate surface area is 178 Å². The van der Waals surface area contributed by atoms with Gasteiger partial charge in [0.2, 0.25) is 5.78 Å². The number of aryl methyl sites for hydroxylation is 1. The summed E-state index contributed by atoms with van der Waals surface area (Å²) >= 11 is 0. The van der Waals surface area contributed by atoms with Crippen LogP contribution in [-0.2, 0) is 11.3 Å². The van der Waals surface area contributed by atoms with Gasteiger partial charge in [-0.05, 0) is 24.1 Å². The molecule has 2 heterocycles. The van der Waals surface area contributed by atoms with Crippen molar-refractivity contribution in [3.8, 4) is 11.3 Å². The summed E-state index contributed by atoms with van der Waals surface area (Å²) in [5.74, 6) is -1.08. The van der Waals surface area contributed by atoms with Crippen molar-refractivity contribution in [2.24, 2.45) is 0 Å². The quantitative estimate of drug-likeness (QED) is 0.366. The molecule has 0 aliphatic heterocycles. The highest BCUT2D eigenvalue weighted by Gasteiger charge is 2.21. The van der Waals surface area contributed by atoms with Crippen LogP contribution < -0.4 is 5.56 Å². The number of fused-ring (bicyclic) bond motifs is 1. The smallest absolute Gasteiger partial charge is 0.359 e. The Balaban J connectivity index is 1.60. The number of carbonyl (C=O) groups is 2. The number of para-hydroxylation sites is 1. The Morgan fingerprint density at radius 3 is 2.52 bits per heavy atom. The van der Waals surface area contributed by atoms with Gasteiger partial charge in [0.05, 0.1) is 11.3 Å². The Kier molecular flexibility index (Phi) is 5.75. The lowest BCUT2D eigenvalue weighted by atomic mass is 10.0. The minimum absolute atomic E-state index is 0.0111. The molecule has 0 saturated carbocycles. The van der Waals surface area contributed by atoms with Crippen molar-refractivity contribution in [1.29, 1.82) is 0 Å². The highest BCUT2D eigenvalue weighted by Crippen LogP contribution is 2.30. The zero-order valence-corrected chi connectivity index (χ0v) is 17.0. The van der Waals surface area contributed by atoms with Crippen molar-refractivity contribution in [3.05, 3.63) is 88.3 Å². The van der Waals surface area contributed by atoms with Crippen molar-refractivity contribution < 1.29 is 14.3 Å². The van der Waals surface area contributed by atoms with E-state index in [0.717, 1.165) is 16.5 Å². The van der Waals surface area contributed by atoms with E-state index in [0.29, 0.717) is 24.2 Å². The number of aromatic nitrogens is 3. The molecular weight excluding hydrogens is 394 g/mol. The van der Waals surface area contributed by atoms with Gasteiger partial charge < -0.3 is 9.72 Å². The molecule has 2 aromatic carbocycles. The fourth-order valence-corrected chi connectivity index (χ4v) is 3.46. The molecule has 156 valence electrons. The van der Waals surface area contributed by atoms with E-state index in [1.807, 2.05) is 61.5 Å². The first-order chi connectivity index (χ1) is 15.1. The van der Waals surface area contributed by atoms with Crippen LogP contribution in [0.1, 0.15) is 34.2 Å². The lowest BCUT2D eigenvalue weighted by molar-refractivity contribution is 0.0466. The van der Waals surface area contributed by atoms with Crippen molar-refractivity contribution in [2.75, 3.05) is 6.61 Å². The van der Waals surface area contributed by atoms with Gasteiger partial charge in [0, 0.05) is 23.5 Å². The van der Waals surface area contributed by atoms with Crippen molar-refractivity contribution in [2.45, 2.75) is 19.9 Å². The molecule has 7 nitrogen and oxygen atoms in total. The Morgan fingerprint density at radius 2 is 1.74 bits per heavy atom. The summed E-state index contributed by atoms with van der Waals surface area (Å²) in [5, 5.41) is 4.79. The molecule has 0 atom stereocenters. The number of rotatable bonds is 7. The first-order valence-electron chi connectivity index (χ1n) is 10.0. The van der Waals surface area contributed by atoms with Crippen LogP contribution in [0.3, 0.4) is 0 Å². The molecule has 0 saturated heterocycles. The molecule has 0 radical (unpaired) electrons. The van der Waals surface area contributed by atoms with Crippen LogP contribution in [0.4, 0.5) is 0 Å². The molecule has 0 unspecified atom stereocenters. The monoisotopic (exact) mass is 415 g/mol. The second kappa shape index (κ2) is 8.79. The van der Waals surface area contributed by atoms with E-state index < -0.39 is 12.6 Å². The van der Waals surface area contributed by atoms with E-state index >= 15 is 0 Å². The number of esters is 1. The number of nitrogens with zero attached hydrogens (tertiary/aromatic N) is 2. The van der Waals surface area contributed by atoms with Crippen molar-refractivity contribution in [1.82, 2.24) is 14.8 Å². The predicted octanol–water partition coefficient (Wildman–Crippen LogP) is 3.84. The maximum absolute atomic E-state index is 13.1. The summed E-state index contributed by atoms with van der Waals surface area (Å²) in [7, 11) is 0. The molecule has 0 amide bonds. The topological polar surface area (TPSA) is 94.1 Å². The summed E-state index contributed by atoms with van der Waals surface area (Å²) in [6, 6.07) is 19.6. The summed E-state index contributed by atoms with van der Waals surface area (Å²) in [5.41, 5.74) is 2.53. The van der Waals surface area contributed by atoms with Gasteiger partial charge in [0.15, 0.2) is 12.3 Å². The molecule has 0 bridgehead atoms. The van der Waals surface area contributed by atoms with Crippen molar-refractivity contribution >= 4 is 22.7 Å². The van der Waals surface area contributed by atoms with Gasteiger partial charge in [-0.25, -0.2) is 9.48 Å². The Hall–Kier alpha value is -4.00. The molecule has 1 N–H and O–H groups in total. The minimum atomic E-state index is -0.751. The number of Topliss-reactive ketones (excluding diaryl/α,β-unsaturated/α-hetero) is 1. The van der Waals surface area contributed by atoms with Crippen LogP contribution in [0.2, 0.25) is 0 Å². The molecule has 31 heavy (non-hydrogen) atoms. The fourth-order valence-electron chi connectivity index (χ4n) is 3.46. The van der Waals surface area contributed by atoms with Crippen LogP contribution in [0.5, 0.6) is 0 Å². The van der Waals surface area contributed by atoms with E-state index in [2.05, 4.69) is 10.1 Å². The summed E-state index contributed by atoms with van der Waals surface area (Å²) < 4.78 is 6.46. The van der Waals surface area contributed by atoms with E-state index in [1.165, 1.54) is 16.8 Å². The zero-order chi connectivity index (χ0) is 21.8. The molecule has 4 rings (SSSR count). The third-order valence-electron chi connectivity index (χ3n) is 4.89. The number of hydrogen-bond acceptors (Lipinski definition) is 5. The van der Waals surface area contributed by atoms with Gasteiger partial charge in [-0.15, -0.1) is 0 Å². The molecule has 7 heteroatoms. The second-order valence-corrected chi connectivity index (χ2v) is 7.07. The number of ether oxygens (including phenoxy) is 1. The number of benzene rings is 2. The third-order valence-corrected chi connectivity index (χ3v) is 4.89. The normalized spacial score (nSPS) is 10.9. The van der Waals surface area contributed by atoms with Crippen LogP contribution in [0.25, 0.3) is 22.2 Å². The number of hydrogen-bond donors (Lipinski definition) is 1. The van der Waals surface area contributed by atoms with E-state index in [1.54, 1.807) is 0 Å². The zero-order valence-electron chi connectivity index (χ0n) is 17.0. The number of ketones is 1. The highest BCUT2D eigenvalue weighted by molar-refractivity contribution is 6.14. The number of nitrogens with one attached hydrogen (secondary N) is 1. The molecule has 0 aliphatic carbocycles. The van der Waals surface area contributed by atoms with Crippen molar-refractivity contribution in [3.63, 3.8) is 0 Å². The molecular formula is C24H21N3O4. The molecule has 4 aromatic rings. The third kappa shape index (κ3) is 4.16. The number of carbonyl (C=O) groups excluding carboxylic acids is 2. The van der Waals surface area contributed by atoms with Crippen LogP contribution in [0, 0.1) is 0 Å². The maximum Gasteiger partial charge on any atom is 0.359 e. The SMILES string of the molecule is CCCn1nc(C(=O)OCC(=O)c2c(-c3ccccc3)[nH]c3ccccc23)ccc1=O. The lowest BCUT2D eigenvalue weighted by Gasteiger charge is -2.07. The second-order valence-electron chi connectivity index (χ2n) is 7.07. The first-order valence-corrected chi connectivity index (χ1v) is 10.0. The molecule has 2 aromatic heterocycles. The molecule has 0 aliphatic rings. The van der Waals surface area contributed by atoms with Crippen LogP contribution >= 0.6 is 0 Å². The lowest BCUT2D eigenvalue weighted by Crippen LogP contribution is -2.25. The van der Waals surface area contributed by atoms with Gasteiger partial charge in [0.25, 0.3) is 5.56 Å². The summed E-state index contributed by atoms with van der Waals surface area (Å²) in [6.07, 6.45) is 0.701. The Bertz CT molecular complexity index is 1310. The molecule has 0 spiro atoms. The Morgan fingerprint density at radius 1 is 1.00 bits per heavy atom. The van der Waals surface area contributed by atoms with Gasteiger partial charge in [-0.2, -0.15) is 5.10 Å². The van der Waals surface area contributed by atoms with Crippen LogP contribution in [0.15, 0.2) is 71.5 Å². The molecule has 0 fully saturated rings. The first kappa shape index (κ1) is 20.3. The number of aromatic amines is 1. The van der Waals surface area contributed by atoms with E-state index in [9.17, 15) is 14.4 Å². The average Bonchev–Trinajstić information content (AvgIpc) is 3.19. The standard InChI is InChI=1S/C24H21N3O4/c1-2-14-27-21(29)13-12-19(26-27)24(30)31-15-20(28)22-17-10-6-7-11-18(17)25-23(22)16-8-4-3-5-9-16/h3-13,25H,2,14-15H2,1H3. The minimum Gasteiger partial charge on any atom is -0.453 e. The largest absolute Gasteiger partial charge is 0.453 e. The highest BCUT2D eigenvalue weighted by atomic mass is 16.5. The van der Waals surface area contributed by atoms with Gasteiger partial charge in [-0.3, -0.25) is 9.59 Å². The van der Waals surface area contributed by atoms with Crippen LogP contribution in [-0.4, -0.2) is 33.1 Å². The maximum atomic E-state index is 13.1. The predicted molar refractivity (Wildman–Crippen MR) is 117 cm³/mol. The van der Waals surface area contributed by atoms with E-state index in [4.69, 9.17) is 4.74 Å². The number of H-pyrrole nitrogens is 1. The van der Waals surface area contributed by atoms with Gasteiger partial charge in [0.1, 0.15) is 0 Å². The summed E-state index contributed by atoms with van der Waals surface area (Å²) in [4.78, 5) is 40.6. The summed E-state index contributed by atoms with van der Waals surface area (Å²) in [6.45, 7) is 1.87. The van der Waals surface area contributed by atoms with E-state index in [-0.39, 0.29) is 17.0 Å². The fraction of sp³-hybridized carbons (Fsp3) is 0.167. The van der Waals surface area contributed by atoms with Gasteiger partial charge >= 0.3 is 5.97 Å². The van der Waals surface area contributed by atoms with Gasteiger partial charge in [-0.1, -0.05) is 55.5 Å². The average molecular weight is 415 g/mol.